The van der Waals surface area contributed by atoms with E-state index in [9.17, 15) is 0 Å². The molecule has 2 nitrogen and oxygen atoms in total. The number of benzene rings is 1. The van der Waals surface area contributed by atoms with Gasteiger partial charge in [0.25, 0.3) is 0 Å². The van der Waals surface area contributed by atoms with E-state index in [1.165, 1.54) is 42.2 Å². The lowest BCUT2D eigenvalue weighted by atomic mass is 9.79. The Hall–Kier alpha value is -1.28. The molecular formula is C16H21NO. The fourth-order valence-corrected chi connectivity index (χ4v) is 3.34. The molecule has 0 aliphatic heterocycles. The summed E-state index contributed by atoms with van der Waals surface area (Å²) < 4.78 is 5.85. The molecule has 2 heteroatoms. The molecule has 0 radical (unpaired) electrons. The number of aryl methyl sites for hydroxylation is 2. The van der Waals surface area contributed by atoms with Gasteiger partial charge in [-0.25, -0.2) is 0 Å². The maximum Gasteiger partial charge on any atom is 0.134 e. The third kappa shape index (κ3) is 1.59. The zero-order valence-electron chi connectivity index (χ0n) is 11.3. The van der Waals surface area contributed by atoms with E-state index < -0.39 is 0 Å². The Balaban J connectivity index is 2.13. The van der Waals surface area contributed by atoms with Gasteiger partial charge in [0.2, 0.25) is 0 Å². The number of hydrogen-bond acceptors (Lipinski definition) is 2. The largest absolute Gasteiger partial charge is 0.461 e. The summed E-state index contributed by atoms with van der Waals surface area (Å²) in [6.45, 7) is 4.90. The van der Waals surface area contributed by atoms with Crippen LogP contribution >= 0.6 is 0 Å². The summed E-state index contributed by atoms with van der Waals surface area (Å²) in [6, 6.07) is 6.67. The van der Waals surface area contributed by atoms with Crippen molar-refractivity contribution in [1.29, 1.82) is 0 Å². The number of nitrogens with two attached hydrogens (primary N) is 1. The standard InChI is InChI=1S/C16H21NO/c1-11-12(2)18-15-9-13(5-6-14(11)15)16(10-17)7-3-4-8-16/h5-6,9H,3-4,7-8,10,17H2,1-2H3. The highest BCUT2D eigenvalue weighted by Gasteiger charge is 2.34. The SMILES string of the molecule is Cc1oc2cc(C3(CN)CCCC3)ccc2c1C. The van der Waals surface area contributed by atoms with Crippen LogP contribution in [0.1, 0.15) is 42.6 Å². The first-order valence-corrected chi connectivity index (χ1v) is 6.87. The quantitative estimate of drug-likeness (QED) is 0.870. The van der Waals surface area contributed by atoms with Crippen LogP contribution in [-0.2, 0) is 5.41 Å². The minimum atomic E-state index is 0.197. The number of rotatable bonds is 2. The molecule has 3 rings (SSSR count). The van der Waals surface area contributed by atoms with E-state index in [4.69, 9.17) is 10.2 Å². The molecule has 2 aromatic rings. The highest BCUT2D eigenvalue weighted by atomic mass is 16.3. The zero-order valence-corrected chi connectivity index (χ0v) is 11.3. The average molecular weight is 243 g/mol. The van der Waals surface area contributed by atoms with Gasteiger partial charge < -0.3 is 10.2 Å². The molecule has 2 N–H and O–H groups in total. The summed E-state index contributed by atoms with van der Waals surface area (Å²) in [6.07, 6.45) is 5.03. The van der Waals surface area contributed by atoms with Crippen molar-refractivity contribution in [3.05, 3.63) is 35.1 Å². The maximum absolute atomic E-state index is 6.05. The normalized spacial score (nSPS) is 18.6. The Kier molecular flexibility index (Phi) is 2.70. The van der Waals surface area contributed by atoms with E-state index in [-0.39, 0.29) is 5.41 Å². The van der Waals surface area contributed by atoms with Crippen LogP contribution in [0.4, 0.5) is 0 Å². The van der Waals surface area contributed by atoms with Crippen LogP contribution in [0.5, 0.6) is 0 Å². The van der Waals surface area contributed by atoms with Crippen molar-refractivity contribution in [3.63, 3.8) is 0 Å². The Morgan fingerprint density at radius 3 is 2.61 bits per heavy atom. The summed E-state index contributed by atoms with van der Waals surface area (Å²) in [5.41, 5.74) is 9.88. The molecule has 0 amide bonds. The molecular weight excluding hydrogens is 222 g/mol. The summed E-state index contributed by atoms with van der Waals surface area (Å²) >= 11 is 0. The third-order valence-corrected chi connectivity index (χ3v) is 4.74. The van der Waals surface area contributed by atoms with Gasteiger partial charge in [-0.15, -0.1) is 0 Å². The Morgan fingerprint density at radius 2 is 1.94 bits per heavy atom. The van der Waals surface area contributed by atoms with Crippen LogP contribution in [0.25, 0.3) is 11.0 Å². The highest BCUT2D eigenvalue weighted by molar-refractivity contribution is 5.82. The lowest BCUT2D eigenvalue weighted by Gasteiger charge is -2.27. The van der Waals surface area contributed by atoms with Crippen molar-refractivity contribution in [1.82, 2.24) is 0 Å². The van der Waals surface area contributed by atoms with Crippen LogP contribution < -0.4 is 5.73 Å². The molecule has 0 atom stereocenters. The fourth-order valence-electron chi connectivity index (χ4n) is 3.34. The summed E-state index contributed by atoms with van der Waals surface area (Å²) in [5, 5.41) is 1.24. The Labute approximate surface area is 108 Å². The van der Waals surface area contributed by atoms with Crippen molar-refractivity contribution in [2.45, 2.75) is 44.9 Å². The van der Waals surface area contributed by atoms with Crippen LogP contribution in [0.3, 0.4) is 0 Å². The first-order valence-electron chi connectivity index (χ1n) is 6.87. The lowest BCUT2D eigenvalue weighted by molar-refractivity contribution is 0.452. The number of hydrogen-bond donors (Lipinski definition) is 1. The van der Waals surface area contributed by atoms with Gasteiger partial charge in [-0.1, -0.05) is 25.0 Å². The van der Waals surface area contributed by atoms with Crippen molar-refractivity contribution in [3.8, 4) is 0 Å². The van der Waals surface area contributed by atoms with Gasteiger partial charge in [-0.05, 0) is 43.9 Å². The van der Waals surface area contributed by atoms with E-state index in [1.54, 1.807) is 0 Å². The van der Waals surface area contributed by atoms with Gasteiger partial charge in [0.05, 0.1) is 0 Å². The minimum absolute atomic E-state index is 0.197. The van der Waals surface area contributed by atoms with Gasteiger partial charge in [-0.3, -0.25) is 0 Å². The zero-order chi connectivity index (χ0) is 12.8. The number of fused-ring (bicyclic) bond motifs is 1. The second-order valence-corrected chi connectivity index (χ2v) is 5.69. The number of furan rings is 1. The fraction of sp³-hybridized carbons (Fsp3) is 0.500. The molecule has 0 saturated heterocycles. The van der Waals surface area contributed by atoms with Crippen molar-refractivity contribution in [2.24, 2.45) is 5.73 Å². The molecule has 96 valence electrons. The van der Waals surface area contributed by atoms with E-state index in [0.717, 1.165) is 17.9 Å². The first kappa shape index (κ1) is 11.8. The van der Waals surface area contributed by atoms with Crippen molar-refractivity contribution >= 4 is 11.0 Å². The molecule has 0 bridgehead atoms. The van der Waals surface area contributed by atoms with E-state index in [2.05, 4.69) is 25.1 Å². The van der Waals surface area contributed by atoms with Crippen LogP contribution in [0.15, 0.2) is 22.6 Å². The Bertz CT molecular complexity index is 576. The minimum Gasteiger partial charge on any atom is -0.461 e. The van der Waals surface area contributed by atoms with Gasteiger partial charge in [0, 0.05) is 17.3 Å². The molecule has 0 spiro atoms. The molecule has 1 heterocycles. The van der Waals surface area contributed by atoms with Gasteiger partial charge >= 0.3 is 0 Å². The molecule has 0 unspecified atom stereocenters. The van der Waals surface area contributed by atoms with E-state index in [0.29, 0.717) is 0 Å². The lowest BCUT2D eigenvalue weighted by Crippen LogP contribution is -2.31. The molecule has 1 aromatic carbocycles. The Morgan fingerprint density at radius 1 is 1.22 bits per heavy atom. The highest BCUT2D eigenvalue weighted by Crippen LogP contribution is 2.41. The maximum atomic E-state index is 6.05. The smallest absolute Gasteiger partial charge is 0.134 e. The monoisotopic (exact) mass is 243 g/mol. The molecule has 1 aliphatic rings. The van der Waals surface area contributed by atoms with Crippen molar-refractivity contribution < 1.29 is 4.42 Å². The van der Waals surface area contributed by atoms with Crippen LogP contribution in [0, 0.1) is 13.8 Å². The predicted molar refractivity (Wildman–Crippen MR) is 74.9 cm³/mol. The van der Waals surface area contributed by atoms with Gasteiger partial charge in [0.15, 0.2) is 0 Å². The second kappa shape index (κ2) is 4.13. The van der Waals surface area contributed by atoms with E-state index in [1.807, 2.05) is 6.92 Å². The summed E-state index contributed by atoms with van der Waals surface area (Å²) in [7, 11) is 0. The summed E-state index contributed by atoms with van der Waals surface area (Å²) in [4.78, 5) is 0. The average Bonchev–Trinajstić information content (AvgIpc) is 2.96. The summed E-state index contributed by atoms with van der Waals surface area (Å²) in [5.74, 6) is 1.02. The molecule has 1 fully saturated rings. The molecule has 1 aromatic heterocycles. The van der Waals surface area contributed by atoms with E-state index >= 15 is 0 Å². The van der Waals surface area contributed by atoms with Gasteiger partial charge in [-0.2, -0.15) is 0 Å². The first-order chi connectivity index (χ1) is 8.66. The van der Waals surface area contributed by atoms with Crippen LogP contribution in [0.2, 0.25) is 0 Å². The molecule has 18 heavy (non-hydrogen) atoms. The third-order valence-electron chi connectivity index (χ3n) is 4.74. The topological polar surface area (TPSA) is 39.2 Å². The second-order valence-electron chi connectivity index (χ2n) is 5.69. The van der Waals surface area contributed by atoms with Gasteiger partial charge in [0.1, 0.15) is 11.3 Å². The van der Waals surface area contributed by atoms with Crippen LogP contribution in [-0.4, -0.2) is 6.54 Å². The predicted octanol–water partition coefficient (Wildman–Crippen LogP) is 3.82. The molecule has 1 saturated carbocycles. The van der Waals surface area contributed by atoms with Crippen molar-refractivity contribution in [2.75, 3.05) is 6.54 Å². The molecule has 1 aliphatic carbocycles.